The summed E-state index contributed by atoms with van der Waals surface area (Å²) >= 11 is 0. The van der Waals surface area contributed by atoms with Crippen LogP contribution in [0.5, 0.6) is 0 Å². The van der Waals surface area contributed by atoms with Gasteiger partial charge in [0.2, 0.25) is 0 Å². The maximum absolute atomic E-state index is 5.74. The third-order valence-electron chi connectivity index (χ3n) is 4.95. The average Bonchev–Trinajstić information content (AvgIpc) is 3.40. The lowest BCUT2D eigenvalue weighted by Crippen LogP contribution is -2.43. The predicted octanol–water partition coefficient (Wildman–Crippen LogP) is 2.89. The number of rotatable bonds is 12. The van der Waals surface area contributed by atoms with Gasteiger partial charge in [0.05, 0.1) is 25.5 Å². The second-order valence-corrected chi connectivity index (χ2v) is 6.79. The van der Waals surface area contributed by atoms with Crippen molar-refractivity contribution in [1.82, 2.24) is 15.5 Å². The molecule has 2 N–H and O–H groups in total. The summed E-state index contributed by atoms with van der Waals surface area (Å²) in [4.78, 5) is 6.70. The van der Waals surface area contributed by atoms with Gasteiger partial charge in [0.25, 0.3) is 0 Å². The highest BCUT2D eigenvalue weighted by Gasteiger charge is 2.20. The highest BCUT2D eigenvalue weighted by molar-refractivity contribution is 14.0. The van der Waals surface area contributed by atoms with Gasteiger partial charge >= 0.3 is 0 Å². The Hall–Kier alpha value is -0.840. The number of hydrogen-bond acceptors (Lipinski definition) is 5. The van der Waals surface area contributed by atoms with Gasteiger partial charge in [0.15, 0.2) is 5.96 Å². The first kappa shape index (κ1) is 25.2. The van der Waals surface area contributed by atoms with E-state index in [1.165, 1.54) is 0 Å². The van der Waals surface area contributed by atoms with E-state index in [0.717, 1.165) is 77.2 Å². The maximum Gasteiger partial charge on any atom is 0.191 e. The molecule has 1 saturated heterocycles. The molecule has 162 valence electrons. The molecular formula is C20H37IN4O3. The average molecular weight is 508 g/mol. The fourth-order valence-electron chi connectivity index (χ4n) is 3.31. The van der Waals surface area contributed by atoms with E-state index in [0.29, 0.717) is 5.92 Å². The van der Waals surface area contributed by atoms with Crippen LogP contribution in [0.15, 0.2) is 27.8 Å². The van der Waals surface area contributed by atoms with E-state index in [-0.39, 0.29) is 30.0 Å². The number of nitrogens with one attached hydrogen (secondary N) is 2. The molecule has 2 rings (SSSR count). The Bertz CT molecular complexity index is 518. The van der Waals surface area contributed by atoms with Crippen LogP contribution in [-0.2, 0) is 9.47 Å². The number of halogens is 1. The van der Waals surface area contributed by atoms with Gasteiger partial charge in [-0.1, -0.05) is 13.8 Å². The minimum atomic E-state index is 0. The molecule has 0 radical (unpaired) electrons. The summed E-state index contributed by atoms with van der Waals surface area (Å²) in [5.74, 6) is 2.36. The maximum atomic E-state index is 5.74. The number of nitrogens with zero attached hydrogens (tertiary/aromatic N) is 2. The van der Waals surface area contributed by atoms with Gasteiger partial charge in [0.1, 0.15) is 5.76 Å². The first-order chi connectivity index (χ1) is 13.3. The molecule has 0 aliphatic carbocycles. The summed E-state index contributed by atoms with van der Waals surface area (Å²) in [6, 6.07) is 4.16. The molecule has 1 fully saturated rings. The van der Waals surface area contributed by atoms with Crippen LogP contribution in [0.2, 0.25) is 0 Å². The second-order valence-electron chi connectivity index (χ2n) is 6.79. The molecule has 2 atom stereocenters. The van der Waals surface area contributed by atoms with Crippen molar-refractivity contribution in [3.63, 3.8) is 0 Å². The molecule has 2 unspecified atom stereocenters. The van der Waals surface area contributed by atoms with Crippen molar-refractivity contribution in [2.24, 2.45) is 10.9 Å². The number of ether oxygens (including phenoxy) is 2. The summed E-state index contributed by atoms with van der Waals surface area (Å²) < 4.78 is 16.7. The molecule has 0 aromatic carbocycles. The van der Waals surface area contributed by atoms with Crippen LogP contribution in [0.3, 0.4) is 0 Å². The second kappa shape index (κ2) is 15.1. The van der Waals surface area contributed by atoms with Crippen molar-refractivity contribution in [1.29, 1.82) is 0 Å². The molecule has 1 aromatic rings. The SMILES string of the molecule is CCN(CC)C(CNC(=NC)NCCCOCC1CCOC1)c1ccco1.I. The number of likely N-dealkylation sites (N-methyl/N-ethyl adjacent to an activating group) is 1. The normalized spacial score (nSPS) is 18.1. The van der Waals surface area contributed by atoms with Crippen molar-refractivity contribution in [3.8, 4) is 0 Å². The molecule has 1 aromatic heterocycles. The van der Waals surface area contributed by atoms with Crippen molar-refractivity contribution in [2.45, 2.75) is 32.7 Å². The smallest absolute Gasteiger partial charge is 0.191 e. The molecule has 0 spiro atoms. The van der Waals surface area contributed by atoms with Crippen LogP contribution in [0, 0.1) is 5.92 Å². The summed E-state index contributed by atoms with van der Waals surface area (Å²) in [5.41, 5.74) is 0. The lowest BCUT2D eigenvalue weighted by atomic mass is 10.1. The van der Waals surface area contributed by atoms with Crippen LogP contribution in [-0.4, -0.2) is 70.5 Å². The Morgan fingerprint density at radius 3 is 2.79 bits per heavy atom. The van der Waals surface area contributed by atoms with E-state index in [1.54, 1.807) is 13.3 Å². The minimum absolute atomic E-state index is 0. The standard InChI is InChI=1S/C20H36N4O3.HI/c1-4-24(5-2)18(19-8-6-12-27-19)14-23-20(21-3)22-10-7-11-25-15-17-9-13-26-16-17;/h6,8,12,17-18H,4-5,7,9-11,13-16H2,1-3H3,(H2,21,22,23);1H. The quantitative estimate of drug-likeness (QED) is 0.196. The van der Waals surface area contributed by atoms with Crippen LogP contribution in [0.1, 0.15) is 38.5 Å². The Morgan fingerprint density at radius 2 is 2.18 bits per heavy atom. The van der Waals surface area contributed by atoms with Crippen molar-refractivity contribution in [3.05, 3.63) is 24.2 Å². The van der Waals surface area contributed by atoms with E-state index in [1.807, 2.05) is 12.1 Å². The first-order valence-corrected chi connectivity index (χ1v) is 10.2. The Labute approximate surface area is 186 Å². The van der Waals surface area contributed by atoms with E-state index in [9.17, 15) is 0 Å². The van der Waals surface area contributed by atoms with Gasteiger partial charge in [-0.3, -0.25) is 9.89 Å². The summed E-state index contributed by atoms with van der Waals surface area (Å²) in [6.45, 7) is 11.1. The van der Waals surface area contributed by atoms with Crippen LogP contribution in [0.25, 0.3) is 0 Å². The molecule has 0 saturated carbocycles. The molecule has 7 nitrogen and oxygen atoms in total. The van der Waals surface area contributed by atoms with Gasteiger partial charge in [-0.25, -0.2) is 0 Å². The topological polar surface area (TPSA) is 71.3 Å². The summed E-state index contributed by atoms with van der Waals surface area (Å²) in [7, 11) is 1.80. The zero-order chi connectivity index (χ0) is 19.3. The molecule has 1 aliphatic heterocycles. The molecule has 28 heavy (non-hydrogen) atoms. The molecule has 2 heterocycles. The Morgan fingerprint density at radius 1 is 1.36 bits per heavy atom. The van der Waals surface area contributed by atoms with Gasteiger partial charge < -0.3 is 24.5 Å². The number of furan rings is 1. The highest BCUT2D eigenvalue weighted by atomic mass is 127. The third-order valence-corrected chi connectivity index (χ3v) is 4.95. The van der Waals surface area contributed by atoms with E-state index >= 15 is 0 Å². The highest BCUT2D eigenvalue weighted by Crippen LogP contribution is 2.20. The van der Waals surface area contributed by atoms with Gasteiger partial charge in [-0.05, 0) is 38.1 Å². The molecule has 0 amide bonds. The fraction of sp³-hybridized carbons (Fsp3) is 0.750. The molecule has 1 aliphatic rings. The van der Waals surface area contributed by atoms with E-state index in [2.05, 4.69) is 34.4 Å². The zero-order valence-electron chi connectivity index (χ0n) is 17.5. The molecule has 0 bridgehead atoms. The monoisotopic (exact) mass is 508 g/mol. The number of aliphatic imine (C=N–C) groups is 1. The van der Waals surface area contributed by atoms with Gasteiger partial charge in [0, 0.05) is 39.3 Å². The third kappa shape index (κ3) is 8.67. The van der Waals surface area contributed by atoms with Crippen LogP contribution < -0.4 is 10.6 Å². The fourth-order valence-corrected chi connectivity index (χ4v) is 3.31. The lowest BCUT2D eigenvalue weighted by Gasteiger charge is -2.28. The molecule has 8 heteroatoms. The van der Waals surface area contributed by atoms with Gasteiger partial charge in [-0.2, -0.15) is 0 Å². The zero-order valence-corrected chi connectivity index (χ0v) is 19.8. The Kier molecular flexibility index (Phi) is 13.6. The summed E-state index contributed by atoms with van der Waals surface area (Å²) in [5, 5.41) is 6.78. The first-order valence-electron chi connectivity index (χ1n) is 10.2. The lowest BCUT2D eigenvalue weighted by molar-refractivity contribution is 0.0888. The minimum Gasteiger partial charge on any atom is -0.468 e. The Balaban J connectivity index is 0.00000392. The number of guanidine groups is 1. The predicted molar refractivity (Wildman–Crippen MR) is 124 cm³/mol. The van der Waals surface area contributed by atoms with E-state index in [4.69, 9.17) is 13.9 Å². The van der Waals surface area contributed by atoms with Gasteiger partial charge in [-0.15, -0.1) is 24.0 Å². The van der Waals surface area contributed by atoms with E-state index < -0.39 is 0 Å². The largest absolute Gasteiger partial charge is 0.468 e. The van der Waals surface area contributed by atoms with Crippen LogP contribution >= 0.6 is 24.0 Å². The van der Waals surface area contributed by atoms with Crippen LogP contribution in [0.4, 0.5) is 0 Å². The van der Waals surface area contributed by atoms with Crippen molar-refractivity contribution >= 4 is 29.9 Å². The molecular weight excluding hydrogens is 471 g/mol. The number of hydrogen-bond donors (Lipinski definition) is 2. The summed E-state index contributed by atoms with van der Waals surface area (Å²) in [6.07, 6.45) is 3.81. The van der Waals surface area contributed by atoms with Crippen molar-refractivity contribution < 1.29 is 13.9 Å². The van der Waals surface area contributed by atoms with Crippen molar-refractivity contribution in [2.75, 3.05) is 59.7 Å².